The van der Waals surface area contributed by atoms with Crippen molar-refractivity contribution >= 4 is 17.3 Å². The number of anilines is 1. The van der Waals surface area contributed by atoms with E-state index in [1.807, 2.05) is 23.9 Å². The molecule has 2 aliphatic heterocycles. The van der Waals surface area contributed by atoms with Crippen LogP contribution in [0.2, 0.25) is 0 Å². The van der Waals surface area contributed by atoms with Crippen LogP contribution in [0.5, 0.6) is 0 Å². The van der Waals surface area contributed by atoms with Gasteiger partial charge < -0.3 is 19.4 Å². The normalized spacial score (nSPS) is 19.0. The van der Waals surface area contributed by atoms with Crippen LogP contribution in [0.1, 0.15) is 24.1 Å². The third kappa shape index (κ3) is 4.45. The minimum atomic E-state index is 0.574. The van der Waals surface area contributed by atoms with Crippen LogP contribution in [0.15, 0.2) is 52.7 Å². The highest BCUT2D eigenvalue weighted by Crippen LogP contribution is 2.19. The quantitative estimate of drug-likeness (QED) is 0.480. The lowest BCUT2D eigenvalue weighted by Gasteiger charge is -2.36. The van der Waals surface area contributed by atoms with Gasteiger partial charge in [0.15, 0.2) is 0 Å². The number of rotatable bonds is 5. The maximum Gasteiger partial charge on any atom is 0.233 e. The highest BCUT2D eigenvalue weighted by molar-refractivity contribution is 6.10. The molecule has 0 radical (unpaired) electrons. The standard InChI is InChI=1S/C22H29N5O2/c1-25-12-9-19-20(24-28)8-10-23-22(21(19)25)29-17-5-11-26-13-15-27(16-14-26)18-6-3-2-4-7-18/h2-4,6-7,9,12,28H,5,8,10-11,13-17H2,1H3/b24-20+. The van der Waals surface area contributed by atoms with Crippen LogP contribution in [-0.4, -0.2) is 72.2 Å². The van der Waals surface area contributed by atoms with Crippen molar-refractivity contribution in [3.63, 3.8) is 0 Å². The molecule has 0 bridgehead atoms. The van der Waals surface area contributed by atoms with Crippen molar-refractivity contribution in [3.05, 3.63) is 53.9 Å². The second kappa shape index (κ2) is 9.13. The van der Waals surface area contributed by atoms with E-state index in [9.17, 15) is 5.21 Å². The monoisotopic (exact) mass is 395 g/mol. The summed E-state index contributed by atoms with van der Waals surface area (Å²) in [7, 11) is 1.96. The zero-order valence-electron chi connectivity index (χ0n) is 17.0. The van der Waals surface area contributed by atoms with Gasteiger partial charge in [0.2, 0.25) is 5.90 Å². The Morgan fingerprint density at radius 1 is 1.10 bits per heavy atom. The summed E-state index contributed by atoms with van der Waals surface area (Å²) in [5.74, 6) is 0.653. The van der Waals surface area contributed by atoms with Crippen molar-refractivity contribution < 1.29 is 9.94 Å². The predicted molar refractivity (Wildman–Crippen MR) is 115 cm³/mol. The van der Waals surface area contributed by atoms with Gasteiger partial charge in [0.05, 0.1) is 12.3 Å². The number of aryl methyl sites for hydroxylation is 1. The van der Waals surface area contributed by atoms with Gasteiger partial charge in [-0.3, -0.25) is 4.90 Å². The second-order valence-corrected chi connectivity index (χ2v) is 7.54. The van der Waals surface area contributed by atoms with Gasteiger partial charge in [0.25, 0.3) is 0 Å². The lowest BCUT2D eigenvalue weighted by atomic mass is 10.1. The molecule has 1 saturated heterocycles. The van der Waals surface area contributed by atoms with Crippen molar-refractivity contribution in [2.45, 2.75) is 12.8 Å². The van der Waals surface area contributed by atoms with E-state index in [-0.39, 0.29) is 0 Å². The molecule has 0 spiro atoms. The first-order valence-electron chi connectivity index (χ1n) is 10.3. The zero-order valence-corrected chi connectivity index (χ0v) is 17.0. The molecule has 7 nitrogen and oxygen atoms in total. The van der Waals surface area contributed by atoms with E-state index in [0.29, 0.717) is 31.2 Å². The van der Waals surface area contributed by atoms with Crippen molar-refractivity contribution in [3.8, 4) is 0 Å². The summed E-state index contributed by atoms with van der Waals surface area (Å²) < 4.78 is 8.04. The fraction of sp³-hybridized carbons (Fsp3) is 0.455. The van der Waals surface area contributed by atoms with Gasteiger partial charge in [-0.25, -0.2) is 4.99 Å². The molecule has 1 aromatic heterocycles. The molecule has 0 saturated carbocycles. The number of hydrogen-bond donors (Lipinski definition) is 1. The minimum Gasteiger partial charge on any atom is -0.476 e. The average Bonchev–Trinajstić information content (AvgIpc) is 3.05. The Morgan fingerprint density at radius 3 is 2.66 bits per heavy atom. The van der Waals surface area contributed by atoms with E-state index >= 15 is 0 Å². The number of aromatic nitrogens is 1. The summed E-state index contributed by atoms with van der Waals surface area (Å²) in [5.41, 5.74) is 3.78. The van der Waals surface area contributed by atoms with Crippen molar-refractivity contribution in [2.24, 2.45) is 17.2 Å². The molecular formula is C22H29N5O2. The summed E-state index contributed by atoms with van der Waals surface area (Å²) in [4.78, 5) is 9.54. The number of aliphatic imine (C=N–C) groups is 1. The number of nitrogens with zero attached hydrogens (tertiary/aromatic N) is 5. The molecule has 2 aromatic rings. The Hall–Kier alpha value is -2.80. The molecule has 0 atom stereocenters. The average molecular weight is 396 g/mol. The molecule has 3 heterocycles. The van der Waals surface area contributed by atoms with E-state index in [1.165, 1.54) is 5.69 Å². The predicted octanol–water partition coefficient (Wildman–Crippen LogP) is 2.58. The van der Waals surface area contributed by atoms with Crippen LogP contribution in [0, 0.1) is 0 Å². The fourth-order valence-corrected chi connectivity index (χ4v) is 4.04. The van der Waals surface area contributed by atoms with Crippen molar-refractivity contribution in [2.75, 3.05) is 50.8 Å². The first-order valence-corrected chi connectivity index (χ1v) is 10.3. The van der Waals surface area contributed by atoms with E-state index in [0.717, 1.165) is 50.4 Å². The molecular weight excluding hydrogens is 366 g/mol. The van der Waals surface area contributed by atoms with Gasteiger partial charge in [-0.1, -0.05) is 23.4 Å². The van der Waals surface area contributed by atoms with Gasteiger partial charge in [-0.05, 0) is 24.6 Å². The summed E-state index contributed by atoms with van der Waals surface area (Å²) in [6.07, 6.45) is 3.53. The highest BCUT2D eigenvalue weighted by atomic mass is 16.5. The number of para-hydroxylation sites is 1. The van der Waals surface area contributed by atoms with Gasteiger partial charge in [-0.2, -0.15) is 0 Å². The van der Waals surface area contributed by atoms with Crippen molar-refractivity contribution in [1.29, 1.82) is 0 Å². The number of piperazine rings is 1. The molecule has 4 rings (SSSR count). The number of oxime groups is 1. The maximum absolute atomic E-state index is 9.29. The van der Waals surface area contributed by atoms with Crippen LogP contribution >= 0.6 is 0 Å². The largest absolute Gasteiger partial charge is 0.476 e. The summed E-state index contributed by atoms with van der Waals surface area (Å²) in [6.45, 7) is 6.52. The molecule has 29 heavy (non-hydrogen) atoms. The molecule has 0 aliphatic carbocycles. The minimum absolute atomic E-state index is 0.574. The third-order valence-corrected chi connectivity index (χ3v) is 5.66. The number of fused-ring (bicyclic) bond motifs is 1. The van der Waals surface area contributed by atoms with Crippen LogP contribution in [0.4, 0.5) is 5.69 Å². The van der Waals surface area contributed by atoms with E-state index < -0.39 is 0 Å². The van der Waals surface area contributed by atoms with Gasteiger partial charge in [-0.15, -0.1) is 0 Å². The smallest absolute Gasteiger partial charge is 0.233 e. The van der Waals surface area contributed by atoms with Gasteiger partial charge in [0, 0.05) is 70.2 Å². The molecule has 1 aromatic carbocycles. The topological polar surface area (TPSA) is 65.6 Å². The van der Waals surface area contributed by atoms with Crippen LogP contribution in [0.3, 0.4) is 0 Å². The lowest BCUT2D eigenvalue weighted by molar-refractivity contribution is 0.220. The maximum atomic E-state index is 9.29. The fourth-order valence-electron chi connectivity index (χ4n) is 4.04. The lowest BCUT2D eigenvalue weighted by Crippen LogP contribution is -2.46. The van der Waals surface area contributed by atoms with Crippen molar-refractivity contribution in [1.82, 2.24) is 9.47 Å². The Labute approximate surface area is 171 Å². The van der Waals surface area contributed by atoms with E-state index in [1.54, 1.807) is 0 Å². The first-order chi connectivity index (χ1) is 14.3. The number of ether oxygens (including phenoxy) is 1. The Bertz CT molecular complexity index is 867. The number of benzene rings is 1. The second-order valence-electron chi connectivity index (χ2n) is 7.54. The summed E-state index contributed by atoms with van der Waals surface area (Å²) >= 11 is 0. The molecule has 0 amide bonds. The summed E-state index contributed by atoms with van der Waals surface area (Å²) in [6, 6.07) is 12.6. The molecule has 7 heteroatoms. The van der Waals surface area contributed by atoms with E-state index in [2.05, 4.69) is 50.3 Å². The van der Waals surface area contributed by atoms with Gasteiger partial charge in [0.1, 0.15) is 5.69 Å². The van der Waals surface area contributed by atoms with Crippen LogP contribution < -0.4 is 4.90 Å². The molecule has 1 N–H and O–H groups in total. The zero-order chi connectivity index (χ0) is 20.1. The summed E-state index contributed by atoms with van der Waals surface area (Å²) in [5, 5.41) is 12.7. The Balaban J connectivity index is 1.25. The van der Waals surface area contributed by atoms with Gasteiger partial charge >= 0.3 is 0 Å². The molecule has 154 valence electrons. The Kier molecular flexibility index (Phi) is 6.14. The first kappa shape index (κ1) is 19.5. The van der Waals surface area contributed by atoms with E-state index in [4.69, 9.17) is 4.74 Å². The molecule has 2 aliphatic rings. The third-order valence-electron chi connectivity index (χ3n) is 5.66. The van der Waals surface area contributed by atoms with Crippen LogP contribution in [0.25, 0.3) is 0 Å². The molecule has 1 fully saturated rings. The Morgan fingerprint density at radius 2 is 1.90 bits per heavy atom. The highest BCUT2D eigenvalue weighted by Gasteiger charge is 2.22. The number of hydrogen-bond acceptors (Lipinski definition) is 6. The van der Waals surface area contributed by atoms with Crippen LogP contribution in [-0.2, 0) is 11.8 Å². The SMILES string of the molecule is Cn1ccc2c1C(OCCCN1CCN(c3ccccc3)CC1)=NCC/C2=N\O. The molecule has 0 unspecified atom stereocenters.